The fourth-order valence-corrected chi connectivity index (χ4v) is 2.22. The van der Waals surface area contributed by atoms with Crippen LogP contribution in [-0.4, -0.2) is 21.9 Å². The summed E-state index contributed by atoms with van der Waals surface area (Å²) in [5, 5.41) is 14.0. The maximum absolute atomic E-state index is 12.7. The molecule has 26 heavy (non-hydrogen) atoms. The highest BCUT2D eigenvalue weighted by molar-refractivity contribution is 6.46. The quantitative estimate of drug-likeness (QED) is 0.427. The van der Waals surface area contributed by atoms with Crippen molar-refractivity contribution in [2.45, 2.75) is 6.92 Å². The van der Waals surface area contributed by atoms with Crippen LogP contribution in [0.2, 0.25) is 0 Å². The Hall–Kier alpha value is -3.51. The van der Waals surface area contributed by atoms with Gasteiger partial charge in [0.1, 0.15) is 5.82 Å². The van der Waals surface area contributed by atoms with Crippen molar-refractivity contribution >= 4 is 28.9 Å². The van der Waals surface area contributed by atoms with E-state index in [-0.39, 0.29) is 5.84 Å². The average Bonchev–Trinajstić information content (AvgIpc) is 2.69. The molecule has 0 unspecified atom stereocenters. The van der Waals surface area contributed by atoms with E-state index in [0.717, 1.165) is 10.6 Å². The maximum Gasteiger partial charge on any atom is 0.295 e. The van der Waals surface area contributed by atoms with Crippen molar-refractivity contribution in [1.29, 1.82) is 0 Å². The summed E-state index contributed by atoms with van der Waals surface area (Å²) in [7, 11) is 0. The van der Waals surface area contributed by atoms with Gasteiger partial charge in [-0.05, 0) is 42.8 Å². The van der Waals surface area contributed by atoms with Gasteiger partial charge in [0.2, 0.25) is 5.84 Å². The smallest absolute Gasteiger partial charge is 0.295 e. The number of carbonyl (C=O) groups is 1. The molecular weight excluding hydrogens is 328 g/mol. The second kappa shape index (κ2) is 8.04. The molecule has 1 aromatic heterocycles. The Labute approximate surface area is 151 Å². The molecule has 2 aromatic carbocycles. The monoisotopic (exact) mass is 346 g/mol. The van der Waals surface area contributed by atoms with Gasteiger partial charge < -0.3 is 5.32 Å². The highest BCUT2D eigenvalue weighted by Gasteiger charge is 2.20. The summed E-state index contributed by atoms with van der Waals surface area (Å²) < 4.78 is 0. The van der Waals surface area contributed by atoms with Gasteiger partial charge in [0.05, 0.1) is 11.4 Å². The second-order valence-electron chi connectivity index (χ2n) is 5.59. The van der Waals surface area contributed by atoms with E-state index < -0.39 is 5.91 Å². The Balaban J connectivity index is 1.93. The molecule has 0 saturated heterocycles. The number of hydrogen-bond acceptors (Lipinski definition) is 4. The Morgan fingerprint density at radius 1 is 1.00 bits per heavy atom. The predicted octanol–water partition coefficient (Wildman–Crippen LogP) is 3.95. The van der Waals surface area contributed by atoms with E-state index >= 15 is 0 Å². The standard InChI is InChI=1S/C20H18N4O2/c1-15-12-13-18(21-14-15)23-20(25)19(22-16-8-4-2-5-9-16)24(26)17-10-6-3-7-11-17/h2-14,26H,1H3,(H,21,23,25). The number of nitrogens with one attached hydrogen (secondary N) is 1. The minimum atomic E-state index is -0.573. The summed E-state index contributed by atoms with van der Waals surface area (Å²) in [6.45, 7) is 1.91. The predicted molar refractivity (Wildman–Crippen MR) is 102 cm³/mol. The summed E-state index contributed by atoms with van der Waals surface area (Å²) in [6, 6.07) is 21.2. The lowest BCUT2D eigenvalue weighted by Gasteiger charge is -2.18. The Morgan fingerprint density at radius 3 is 2.27 bits per heavy atom. The average molecular weight is 346 g/mol. The normalized spacial score (nSPS) is 11.1. The van der Waals surface area contributed by atoms with E-state index in [0.29, 0.717) is 17.2 Å². The lowest BCUT2D eigenvalue weighted by atomic mass is 10.3. The van der Waals surface area contributed by atoms with Crippen LogP contribution in [0.4, 0.5) is 17.2 Å². The third kappa shape index (κ3) is 4.31. The summed E-state index contributed by atoms with van der Waals surface area (Å²) in [5.74, 6) is -0.357. The van der Waals surface area contributed by atoms with E-state index in [9.17, 15) is 10.0 Å². The molecule has 0 bridgehead atoms. The zero-order valence-corrected chi connectivity index (χ0v) is 14.2. The van der Waals surface area contributed by atoms with Crippen molar-refractivity contribution in [3.63, 3.8) is 0 Å². The zero-order chi connectivity index (χ0) is 18.4. The molecule has 0 aliphatic rings. The number of aliphatic imine (C=N–C) groups is 1. The van der Waals surface area contributed by atoms with Crippen molar-refractivity contribution in [3.8, 4) is 0 Å². The molecule has 6 heteroatoms. The van der Waals surface area contributed by atoms with Gasteiger partial charge >= 0.3 is 0 Å². The van der Waals surface area contributed by atoms with Crippen LogP contribution in [0, 0.1) is 6.92 Å². The van der Waals surface area contributed by atoms with Crippen molar-refractivity contribution in [1.82, 2.24) is 4.98 Å². The molecule has 0 aliphatic heterocycles. The molecule has 1 amide bonds. The molecule has 130 valence electrons. The number of amidine groups is 1. The number of aryl methyl sites for hydroxylation is 1. The van der Waals surface area contributed by atoms with Crippen molar-refractivity contribution in [2.24, 2.45) is 4.99 Å². The van der Waals surface area contributed by atoms with Gasteiger partial charge in [0.25, 0.3) is 5.91 Å². The molecular formula is C20H18N4O2. The number of amides is 1. The highest BCUT2D eigenvalue weighted by Crippen LogP contribution is 2.17. The molecule has 0 atom stereocenters. The molecule has 6 nitrogen and oxygen atoms in total. The molecule has 3 aromatic rings. The minimum Gasteiger partial charge on any atom is -0.304 e. The first-order valence-electron chi connectivity index (χ1n) is 8.05. The maximum atomic E-state index is 12.7. The number of carbonyl (C=O) groups excluding carboxylic acids is 1. The van der Waals surface area contributed by atoms with Gasteiger partial charge in [-0.3, -0.25) is 10.0 Å². The number of hydrogen-bond donors (Lipinski definition) is 2. The van der Waals surface area contributed by atoms with Crippen LogP contribution in [0.1, 0.15) is 5.56 Å². The summed E-state index contributed by atoms with van der Waals surface area (Å²) in [4.78, 5) is 21.2. The van der Waals surface area contributed by atoms with Crippen molar-refractivity contribution in [3.05, 3.63) is 84.6 Å². The molecule has 0 saturated carbocycles. The Morgan fingerprint density at radius 2 is 1.65 bits per heavy atom. The number of anilines is 2. The van der Waals surface area contributed by atoms with Gasteiger partial charge in [-0.1, -0.05) is 42.5 Å². The molecule has 0 radical (unpaired) electrons. The minimum absolute atomic E-state index is 0.162. The van der Waals surface area contributed by atoms with E-state index in [1.165, 1.54) is 0 Å². The lowest BCUT2D eigenvalue weighted by Crippen LogP contribution is -2.38. The molecule has 2 N–H and O–H groups in total. The Kier molecular flexibility index (Phi) is 5.36. The fraction of sp³-hybridized carbons (Fsp3) is 0.0500. The van der Waals surface area contributed by atoms with Gasteiger partial charge in [-0.2, -0.15) is 0 Å². The second-order valence-corrected chi connectivity index (χ2v) is 5.59. The number of hydroxylamine groups is 1. The molecule has 0 aliphatic carbocycles. The van der Waals surface area contributed by atoms with Gasteiger partial charge in [0.15, 0.2) is 0 Å². The lowest BCUT2D eigenvalue weighted by molar-refractivity contribution is -0.110. The first-order chi connectivity index (χ1) is 12.6. The highest BCUT2D eigenvalue weighted by atomic mass is 16.5. The number of aromatic nitrogens is 1. The third-order valence-electron chi connectivity index (χ3n) is 3.55. The number of pyridine rings is 1. The van der Waals surface area contributed by atoms with Gasteiger partial charge in [-0.15, -0.1) is 0 Å². The van der Waals surface area contributed by atoms with Crippen molar-refractivity contribution in [2.75, 3.05) is 10.4 Å². The van der Waals surface area contributed by atoms with Crippen LogP contribution in [-0.2, 0) is 4.79 Å². The van der Waals surface area contributed by atoms with Crippen LogP contribution < -0.4 is 10.4 Å². The molecule has 3 rings (SSSR count). The van der Waals surface area contributed by atoms with E-state index in [1.807, 2.05) is 25.1 Å². The molecule has 0 spiro atoms. The molecule has 1 heterocycles. The number of benzene rings is 2. The third-order valence-corrected chi connectivity index (χ3v) is 3.55. The zero-order valence-electron chi connectivity index (χ0n) is 14.2. The first kappa shape index (κ1) is 17.3. The van der Waals surface area contributed by atoms with Crippen molar-refractivity contribution < 1.29 is 10.0 Å². The summed E-state index contributed by atoms with van der Waals surface area (Å²) in [5.41, 5.74) is 1.95. The topological polar surface area (TPSA) is 77.8 Å². The van der Waals surface area contributed by atoms with Crippen LogP contribution in [0.15, 0.2) is 84.0 Å². The van der Waals surface area contributed by atoms with Gasteiger partial charge in [-0.25, -0.2) is 15.0 Å². The van der Waals surface area contributed by atoms with Crippen LogP contribution in [0.5, 0.6) is 0 Å². The number of para-hydroxylation sites is 2. The van der Waals surface area contributed by atoms with Crippen LogP contribution in [0.3, 0.4) is 0 Å². The van der Waals surface area contributed by atoms with Crippen LogP contribution in [0.25, 0.3) is 0 Å². The van der Waals surface area contributed by atoms with Crippen LogP contribution >= 0.6 is 0 Å². The first-order valence-corrected chi connectivity index (χ1v) is 8.05. The molecule has 0 fully saturated rings. The Bertz CT molecular complexity index is 894. The van der Waals surface area contributed by atoms with Gasteiger partial charge in [0, 0.05) is 6.20 Å². The number of nitrogens with zero attached hydrogens (tertiary/aromatic N) is 3. The summed E-state index contributed by atoms with van der Waals surface area (Å²) >= 11 is 0. The number of rotatable bonds is 3. The fourth-order valence-electron chi connectivity index (χ4n) is 2.22. The summed E-state index contributed by atoms with van der Waals surface area (Å²) in [6.07, 6.45) is 1.65. The van der Waals surface area contributed by atoms with E-state index in [4.69, 9.17) is 0 Å². The van der Waals surface area contributed by atoms with E-state index in [2.05, 4.69) is 15.3 Å². The van der Waals surface area contributed by atoms with E-state index in [1.54, 1.807) is 60.8 Å². The SMILES string of the molecule is Cc1ccc(NC(=O)C(=Nc2ccccc2)N(O)c2ccccc2)nc1. The largest absolute Gasteiger partial charge is 0.304 e.